The van der Waals surface area contributed by atoms with E-state index in [0.717, 1.165) is 34.6 Å². The molecule has 0 bridgehead atoms. The van der Waals surface area contributed by atoms with Gasteiger partial charge < -0.3 is 14.6 Å². The van der Waals surface area contributed by atoms with Crippen LogP contribution in [0.25, 0.3) is 22.8 Å². The molecule has 0 saturated heterocycles. The Morgan fingerprint density at radius 2 is 1.56 bits per heavy atom. The van der Waals surface area contributed by atoms with Gasteiger partial charge in [-0.3, -0.25) is 0 Å². The van der Waals surface area contributed by atoms with Crippen molar-refractivity contribution < 1.29 is 14.6 Å². The van der Waals surface area contributed by atoms with Gasteiger partial charge in [0.1, 0.15) is 11.5 Å². The summed E-state index contributed by atoms with van der Waals surface area (Å²) in [5.74, 6) is 1.63. The second-order valence-electron chi connectivity index (χ2n) is 6.63. The van der Waals surface area contributed by atoms with Crippen molar-refractivity contribution in [3.05, 3.63) is 82.9 Å². The van der Waals surface area contributed by atoms with E-state index in [2.05, 4.69) is 42.5 Å². The molecule has 1 aliphatic carbocycles. The van der Waals surface area contributed by atoms with Crippen LogP contribution in [0, 0.1) is 0 Å². The van der Waals surface area contributed by atoms with Gasteiger partial charge in [0.25, 0.3) is 0 Å². The molecule has 136 valence electrons. The van der Waals surface area contributed by atoms with Crippen LogP contribution in [0.4, 0.5) is 0 Å². The SMILES string of the molecule is COc1ccc(-c2ccccc2C2=Cc3cc(OC)cc(CO)c3C2)cc1. The van der Waals surface area contributed by atoms with E-state index in [4.69, 9.17) is 9.47 Å². The third kappa shape index (κ3) is 3.22. The van der Waals surface area contributed by atoms with Gasteiger partial charge in [-0.25, -0.2) is 0 Å². The number of hydrogen-bond donors (Lipinski definition) is 1. The van der Waals surface area contributed by atoms with Gasteiger partial charge in [-0.1, -0.05) is 42.5 Å². The molecule has 0 aromatic heterocycles. The lowest BCUT2D eigenvalue weighted by Crippen LogP contribution is -1.97. The smallest absolute Gasteiger partial charge is 0.119 e. The third-order valence-electron chi connectivity index (χ3n) is 5.13. The Balaban J connectivity index is 1.76. The second kappa shape index (κ2) is 7.29. The average Bonchev–Trinajstić information content (AvgIpc) is 3.17. The number of benzene rings is 3. The van der Waals surface area contributed by atoms with Gasteiger partial charge in [-0.15, -0.1) is 0 Å². The predicted molar refractivity (Wildman–Crippen MR) is 109 cm³/mol. The molecule has 27 heavy (non-hydrogen) atoms. The van der Waals surface area contributed by atoms with E-state index in [-0.39, 0.29) is 6.61 Å². The zero-order chi connectivity index (χ0) is 18.8. The monoisotopic (exact) mass is 358 g/mol. The fourth-order valence-corrected chi connectivity index (χ4v) is 3.72. The summed E-state index contributed by atoms with van der Waals surface area (Å²) < 4.78 is 10.7. The van der Waals surface area contributed by atoms with Crippen molar-refractivity contribution in [2.75, 3.05) is 14.2 Å². The molecule has 0 saturated carbocycles. The first-order chi connectivity index (χ1) is 13.2. The first-order valence-electron chi connectivity index (χ1n) is 8.98. The normalized spacial score (nSPS) is 12.5. The van der Waals surface area contributed by atoms with Gasteiger partial charge in [-0.2, -0.15) is 0 Å². The summed E-state index contributed by atoms with van der Waals surface area (Å²) in [6, 6.07) is 20.5. The van der Waals surface area contributed by atoms with Crippen molar-refractivity contribution in [2.24, 2.45) is 0 Å². The van der Waals surface area contributed by atoms with Crippen molar-refractivity contribution in [2.45, 2.75) is 13.0 Å². The largest absolute Gasteiger partial charge is 0.497 e. The number of allylic oxidation sites excluding steroid dienone is 1. The number of methoxy groups -OCH3 is 2. The van der Waals surface area contributed by atoms with Crippen LogP contribution in [0.1, 0.15) is 22.3 Å². The summed E-state index contributed by atoms with van der Waals surface area (Å²) in [4.78, 5) is 0. The molecule has 4 rings (SSSR count). The van der Waals surface area contributed by atoms with Crippen molar-refractivity contribution >= 4 is 11.6 Å². The van der Waals surface area contributed by atoms with Crippen molar-refractivity contribution in [1.82, 2.24) is 0 Å². The quantitative estimate of drug-likeness (QED) is 0.701. The Morgan fingerprint density at radius 1 is 0.852 bits per heavy atom. The highest BCUT2D eigenvalue weighted by Crippen LogP contribution is 2.39. The van der Waals surface area contributed by atoms with Gasteiger partial charge in [0.15, 0.2) is 0 Å². The van der Waals surface area contributed by atoms with Crippen LogP contribution in [-0.4, -0.2) is 19.3 Å². The lowest BCUT2D eigenvalue weighted by Gasteiger charge is -2.12. The number of aliphatic hydroxyl groups excluding tert-OH is 1. The van der Waals surface area contributed by atoms with E-state index in [1.165, 1.54) is 22.3 Å². The van der Waals surface area contributed by atoms with Gasteiger partial charge in [0, 0.05) is 0 Å². The number of ether oxygens (including phenoxy) is 2. The van der Waals surface area contributed by atoms with E-state index in [0.29, 0.717) is 0 Å². The predicted octanol–water partition coefficient (Wildman–Crippen LogP) is 4.96. The van der Waals surface area contributed by atoms with Crippen molar-refractivity contribution in [3.63, 3.8) is 0 Å². The van der Waals surface area contributed by atoms with Crippen LogP contribution in [0.15, 0.2) is 60.7 Å². The van der Waals surface area contributed by atoms with E-state index >= 15 is 0 Å². The second-order valence-corrected chi connectivity index (χ2v) is 6.63. The first-order valence-corrected chi connectivity index (χ1v) is 8.98. The number of fused-ring (bicyclic) bond motifs is 1. The summed E-state index contributed by atoms with van der Waals surface area (Å²) in [7, 11) is 3.33. The van der Waals surface area contributed by atoms with Gasteiger partial charge >= 0.3 is 0 Å². The highest BCUT2D eigenvalue weighted by molar-refractivity contribution is 5.94. The molecule has 0 fully saturated rings. The van der Waals surface area contributed by atoms with E-state index in [1.807, 2.05) is 24.3 Å². The molecule has 0 spiro atoms. The number of hydrogen-bond acceptors (Lipinski definition) is 3. The Kier molecular flexibility index (Phi) is 4.69. The topological polar surface area (TPSA) is 38.7 Å². The average molecular weight is 358 g/mol. The fourth-order valence-electron chi connectivity index (χ4n) is 3.72. The van der Waals surface area contributed by atoms with Crippen LogP contribution in [0.5, 0.6) is 11.5 Å². The van der Waals surface area contributed by atoms with Crippen LogP contribution in [0.3, 0.4) is 0 Å². The van der Waals surface area contributed by atoms with Gasteiger partial charge in [0.05, 0.1) is 20.8 Å². The zero-order valence-corrected chi connectivity index (χ0v) is 15.5. The Hall–Kier alpha value is -3.04. The number of aliphatic hydroxyl groups is 1. The molecular formula is C24H22O3. The van der Waals surface area contributed by atoms with Gasteiger partial charge in [0.2, 0.25) is 0 Å². The Labute approximate surface area is 159 Å². The maximum absolute atomic E-state index is 9.77. The van der Waals surface area contributed by atoms with E-state index < -0.39 is 0 Å². The summed E-state index contributed by atoms with van der Waals surface area (Å²) in [5.41, 5.74) is 8.04. The molecule has 3 aromatic rings. The highest BCUT2D eigenvalue weighted by Gasteiger charge is 2.20. The van der Waals surface area contributed by atoms with Crippen LogP contribution >= 0.6 is 0 Å². The molecule has 0 amide bonds. The summed E-state index contributed by atoms with van der Waals surface area (Å²) >= 11 is 0. The summed E-state index contributed by atoms with van der Waals surface area (Å²) in [5, 5.41) is 9.77. The van der Waals surface area contributed by atoms with Crippen LogP contribution < -0.4 is 9.47 Å². The standard InChI is InChI=1S/C24H22O3/c1-26-20-9-7-16(8-10-20)22-5-3-4-6-23(22)18-11-17-12-21(27-2)13-19(15-25)24(17)14-18/h3-13,25H,14-15H2,1-2H3. The van der Waals surface area contributed by atoms with Gasteiger partial charge in [-0.05, 0) is 69.6 Å². The molecule has 3 aromatic carbocycles. The van der Waals surface area contributed by atoms with E-state index in [1.54, 1.807) is 14.2 Å². The minimum Gasteiger partial charge on any atom is -0.497 e. The van der Waals surface area contributed by atoms with Crippen LogP contribution in [0.2, 0.25) is 0 Å². The molecular weight excluding hydrogens is 336 g/mol. The molecule has 3 heteroatoms. The molecule has 0 atom stereocenters. The van der Waals surface area contributed by atoms with Crippen LogP contribution in [-0.2, 0) is 13.0 Å². The highest BCUT2D eigenvalue weighted by atomic mass is 16.5. The number of rotatable bonds is 5. The first kappa shape index (κ1) is 17.4. The zero-order valence-electron chi connectivity index (χ0n) is 15.5. The van der Waals surface area contributed by atoms with E-state index in [9.17, 15) is 5.11 Å². The fraction of sp³-hybridized carbons (Fsp3) is 0.167. The minimum absolute atomic E-state index is 0.0147. The molecule has 0 radical (unpaired) electrons. The summed E-state index contributed by atoms with van der Waals surface area (Å²) in [6.07, 6.45) is 3.02. The minimum atomic E-state index is 0.0147. The maximum atomic E-state index is 9.77. The maximum Gasteiger partial charge on any atom is 0.119 e. The molecule has 1 N–H and O–H groups in total. The Bertz CT molecular complexity index is 1000. The third-order valence-corrected chi connectivity index (χ3v) is 5.13. The molecule has 1 aliphatic rings. The molecule has 0 heterocycles. The van der Waals surface area contributed by atoms with Crippen molar-refractivity contribution in [3.8, 4) is 22.6 Å². The molecule has 3 nitrogen and oxygen atoms in total. The lowest BCUT2D eigenvalue weighted by molar-refractivity contribution is 0.280. The lowest BCUT2D eigenvalue weighted by atomic mass is 9.93. The Morgan fingerprint density at radius 3 is 2.22 bits per heavy atom. The summed E-state index contributed by atoms with van der Waals surface area (Å²) in [6.45, 7) is 0.0147. The molecule has 0 unspecified atom stereocenters. The molecule has 0 aliphatic heterocycles. The van der Waals surface area contributed by atoms with Crippen molar-refractivity contribution in [1.29, 1.82) is 0 Å².